The number of para-hydroxylation sites is 1. The minimum atomic E-state index is -4.35. The number of rotatable bonds is 19. The van der Waals surface area contributed by atoms with Gasteiger partial charge >= 0.3 is 5.97 Å². The number of pyridine rings is 1. The average molecular weight is 886 g/mol. The SMILES string of the molecule is C.C.CC1(CCCCS(=O)(=O)O)C(=CC=Cc2cc[n+](CCCCS(=O)(=O)[O-])c3ccccc23)N(CCCCCC(=O)ON2C(=O)CCC2=O)c2c(F)c(F)c(F)c(F)c21. The molecule has 13 nitrogen and oxygen atoms in total. The molecule has 2 aliphatic rings. The highest BCUT2D eigenvalue weighted by Crippen LogP contribution is 2.54. The van der Waals surface area contributed by atoms with E-state index in [0.29, 0.717) is 30.0 Å². The first-order valence-electron chi connectivity index (χ1n) is 18.7. The van der Waals surface area contributed by atoms with Crippen molar-refractivity contribution >= 4 is 60.7 Å². The summed E-state index contributed by atoms with van der Waals surface area (Å²) in [5, 5.41) is 1.22. The quantitative estimate of drug-likeness (QED) is 0.0245. The van der Waals surface area contributed by atoms with Crippen LogP contribution >= 0.6 is 0 Å². The Labute approximate surface area is 348 Å². The summed E-state index contributed by atoms with van der Waals surface area (Å²) in [6, 6.07) is 9.13. The Morgan fingerprint density at radius 2 is 1.53 bits per heavy atom. The number of hydrogen-bond acceptors (Lipinski definition) is 10. The first-order valence-corrected chi connectivity index (χ1v) is 21.9. The highest BCUT2D eigenvalue weighted by Gasteiger charge is 2.49. The highest BCUT2D eigenvalue weighted by molar-refractivity contribution is 7.85. The predicted molar refractivity (Wildman–Crippen MR) is 215 cm³/mol. The lowest BCUT2D eigenvalue weighted by atomic mass is 9.76. The maximum Gasteiger partial charge on any atom is 0.333 e. The molecule has 19 heteroatoms. The summed E-state index contributed by atoms with van der Waals surface area (Å²) < 4.78 is 129. The van der Waals surface area contributed by atoms with Gasteiger partial charge in [0, 0.05) is 66.8 Å². The lowest BCUT2D eigenvalue weighted by molar-refractivity contribution is -0.671. The molecule has 1 N–H and O–H groups in total. The number of imide groups is 1. The first kappa shape index (κ1) is 49.6. The van der Waals surface area contributed by atoms with E-state index in [1.54, 1.807) is 30.5 Å². The van der Waals surface area contributed by atoms with Crippen molar-refractivity contribution in [2.75, 3.05) is 23.0 Å². The molecule has 1 fully saturated rings. The lowest BCUT2D eigenvalue weighted by Gasteiger charge is -2.30. The Morgan fingerprint density at radius 1 is 0.883 bits per heavy atom. The van der Waals surface area contributed by atoms with Gasteiger partial charge in [-0.2, -0.15) is 13.0 Å². The second kappa shape index (κ2) is 20.7. The van der Waals surface area contributed by atoms with Crippen LogP contribution in [-0.2, 0) is 51.4 Å². The number of anilines is 1. The zero-order valence-electron chi connectivity index (χ0n) is 31.6. The molecule has 2 amide bonds. The molecule has 3 heterocycles. The summed E-state index contributed by atoms with van der Waals surface area (Å²) in [6.45, 7) is 1.87. The summed E-state index contributed by atoms with van der Waals surface area (Å²) in [7, 11) is -8.70. The number of allylic oxidation sites excluding steroid dienone is 3. The smallest absolute Gasteiger partial charge is 0.333 e. The van der Waals surface area contributed by atoms with Crippen molar-refractivity contribution in [3.8, 4) is 0 Å². The van der Waals surface area contributed by atoms with Gasteiger partial charge in [-0.3, -0.25) is 14.1 Å². The third-order valence-electron chi connectivity index (χ3n) is 10.2. The van der Waals surface area contributed by atoms with E-state index in [9.17, 15) is 49.1 Å². The Bertz CT molecular complexity index is 2360. The molecule has 1 saturated heterocycles. The molecule has 1 unspecified atom stereocenters. The Morgan fingerprint density at radius 3 is 2.20 bits per heavy atom. The fourth-order valence-corrected chi connectivity index (χ4v) is 8.55. The number of fused-ring (bicyclic) bond motifs is 2. The van der Waals surface area contributed by atoms with E-state index in [-0.39, 0.29) is 84.9 Å². The Kier molecular flexibility index (Phi) is 17.1. The molecule has 1 aromatic heterocycles. The normalized spacial score (nSPS) is 17.4. The first-order chi connectivity index (χ1) is 27.3. The van der Waals surface area contributed by atoms with Crippen LogP contribution in [0.3, 0.4) is 0 Å². The summed E-state index contributed by atoms with van der Waals surface area (Å²) >= 11 is 0. The number of amides is 2. The number of aromatic nitrogens is 1. The summed E-state index contributed by atoms with van der Waals surface area (Å²) in [5.41, 5.74) is -0.789. The molecule has 2 aromatic carbocycles. The van der Waals surface area contributed by atoms with E-state index < -0.39 is 89.5 Å². The highest BCUT2D eigenvalue weighted by atomic mass is 32.2. The molecule has 0 spiro atoms. The minimum Gasteiger partial charge on any atom is -0.748 e. The van der Waals surface area contributed by atoms with Crippen molar-refractivity contribution < 1.29 is 67.3 Å². The second-order valence-corrected chi connectivity index (χ2v) is 17.5. The van der Waals surface area contributed by atoms with Crippen LogP contribution in [0, 0.1) is 23.3 Å². The van der Waals surface area contributed by atoms with Crippen molar-refractivity contribution in [1.82, 2.24) is 5.06 Å². The monoisotopic (exact) mass is 885 g/mol. The van der Waals surface area contributed by atoms with Gasteiger partial charge in [0.05, 0.1) is 26.9 Å². The molecule has 0 saturated carbocycles. The number of carbonyl (C=O) groups excluding carboxylic acids is 3. The lowest BCUT2D eigenvalue weighted by Crippen LogP contribution is -2.34. The summed E-state index contributed by atoms with van der Waals surface area (Å²) in [4.78, 5) is 42.1. The van der Waals surface area contributed by atoms with Crippen molar-refractivity contribution in [2.24, 2.45) is 0 Å². The maximum absolute atomic E-state index is 15.9. The van der Waals surface area contributed by atoms with E-state index in [1.807, 2.05) is 28.8 Å². The van der Waals surface area contributed by atoms with Crippen molar-refractivity contribution in [3.05, 3.63) is 88.8 Å². The summed E-state index contributed by atoms with van der Waals surface area (Å²) in [5.74, 6) is -10.4. The maximum atomic E-state index is 15.9. The molecule has 0 radical (unpaired) electrons. The molecule has 2 aliphatic heterocycles. The molecule has 60 heavy (non-hydrogen) atoms. The molecule has 3 aromatic rings. The number of hydrogen-bond donors (Lipinski definition) is 1. The van der Waals surface area contributed by atoms with E-state index in [2.05, 4.69) is 0 Å². The predicted octanol–water partition coefficient (Wildman–Crippen LogP) is 7.18. The molecule has 0 bridgehead atoms. The van der Waals surface area contributed by atoms with Gasteiger partial charge in [-0.25, -0.2) is 30.8 Å². The fourth-order valence-electron chi connectivity index (χ4n) is 7.42. The average Bonchev–Trinajstić information content (AvgIpc) is 3.60. The minimum absolute atomic E-state index is 0. The van der Waals surface area contributed by atoms with Gasteiger partial charge in [0.25, 0.3) is 21.9 Å². The number of nitrogens with zero attached hydrogens (tertiary/aromatic N) is 3. The van der Waals surface area contributed by atoms with Crippen LogP contribution in [0.5, 0.6) is 0 Å². The van der Waals surface area contributed by atoms with Crippen LogP contribution in [0.4, 0.5) is 23.2 Å². The summed E-state index contributed by atoms with van der Waals surface area (Å²) in [6.07, 6.45) is 7.59. The molecule has 330 valence electrons. The number of hydroxylamine groups is 2. The number of unbranched alkanes of at least 4 members (excludes halogenated alkanes) is 4. The Hall–Kier alpha value is -4.72. The van der Waals surface area contributed by atoms with Crippen LogP contribution in [0.25, 0.3) is 17.0 Å². The molecular formula is C41H51F4N3O10S2. The zero-order chi connectivity index (χ0) is 42.4. The third-order valence-corrected chi connectivity index (χ3v) is 11.8. The van der Waals surface area contributed by atoms with Gasteiger partial charge in [0.1, 0.15) is 6.54 Å². The largest absolute Gasteiger partial charge is 0.748 e. The van der Waals surface area contributed by atoms with Crippen LogP contribution in [0.15, 0.2) is 54.4 Å². The fraction of sp³-hybridized carbons (Fsp3) is 0.463. The van der Waals surface area contributed by atoms with E-state index in [4.69, 9.17) is 4.84 Å². The van der Waals surface area contributed by atoms with Gasteiger partial charge < -0.3 is 14.3 Å². The molecule has 1 atom stereocenters. The van der Waals surface area contributed by atoms with Gasteiger partial charge in [0.15, 0.2) is 29.5 Å². The second-order valence-electron chi connectivity index (χ2n) is 14.4. The van der Waals surface area contributed by atoms with E-state index in [0.717, 1.165) is 10.9 Å². The number of benzene rings is 2. The zero-order valence-corrected chi connectivity index (χ0v) is 33.2. The molecule has 0 aliphatic carbocycles. The van der Waals surface area contributed by atoms with E-state index >= 15 is 8.78 Å². The van der Waals surface area contributed by atoms with Gasteiger partial charge in [0.2, 0.25) is 5.52 Å². The van der Waals surface area contributed by atoms with Crippen molar-refractivity contribution in [2.45, 2.75) is 104 Å². The van der Waals surface area contributed by atoms with Crippen molar-refractivity contribution in [1.29, 1.82) is 0 Å². The topological polar surface area (TPSA) is 182 Å². The van der Waals surface area contributed by atoms with Gasteiger partial charge in [-0.15, -0.1) is 5.06 Å². The van der Waals surface area contributed by atoms with Crippen LogP contribution in [0.2, 0.25) is 0 Å². The van der Waals surface area contributed by atoms with Crippen LogP contribution in [0.1, 0.15) is 104 Å². The van der Waals surface area contributed by atoms with Gasteiger partial charge in [-0.1, -0.05) is 52.0 Å². The standard InChI is InChI=1S/C39H43F4N3O10S2.2CH4/c1-39(20-6-9-24-57(50,51)52)29(15-11-12-26-19-23-44(21-8-10-25-58(53,54)55)28-14-5-4-13-27(26)28)45(38-33(39)34(40)35(41)36(42)37(38)43)22-7-2-3-16-32(49)56-46-30(47)17-18-31(46)48;;/h4-5,11-15,19,23H,2-3,6-10,16-18,20-22,24-25H2,1H3,(H-,50,51,52,53,54,55);2*1H4. The number of halogens is 4. The molecular weight excluding hydrogens is 835 g/mol. The van der Waals surface area contributed by atoms with Crippen LogP contribution in [-0.4, -0.2) is 66.8 Å². The van der Waals surface area contributed by atoms with Crippen molar-refractivity contribution in [3.63, 3.8) is 0 Å². The van der Waals surface area contributed by atoms with Crippen LogP contribution < -0.4 is 9.47 Å². The van der Waals surface area contributed by atoms with E-state index in [1.165, 1.54) is 11.8 Å². The third kappa shape index (κ3) is 11.8. The molecule has 5 rings (SSSR count). The Balaban J connectivity index is 0.00000480. The van der Waals surface area contributed by atoms with Gasteiger partial charge in [-0.05, 0) is 56.7 Å². The number of aryl methyl sites for hydroxylation is 1. The number of carbonyl (C=O) groups is 3.